The largest absolute Gasteiger partial charge is 0.297 e. The minimum atomic E-state index is -0.467. The molecule has 1 aliphatic rings. The number of rotatable bonds is 5. The first kappa shape index (κ1) is 15.6. The third kappa shape index (κ3) is 3.12. The average Bonchev–Trinajstić information content (AvgIpc) is 2.96. The normalized spacial score (nSPS) is 19.0. The first-order chi connectivity index (χ1) is 9.47. The van der Waals surface area contributed by atoms with Crippen molar-refractivity contribution in [3.05, 3.63) is 34.1 Å². The molecule has 1 aromatic rings. The van der Waals surface area contributed by atoms with Crippen LogP contribution in [0, 0.1) is 5.82 Å². The molecule has 4 heteroatoms. The molecule has 1 aromatic carbocycles. The molecule has 0 amide bonds. The molecule has 0 aliphatic carbocycles. The lowest BCUT2D eigenvalue weighted by Gasteiger charge is -2.36. The molecule has 0 saturated carbocycles. The molecule has 0 bridgehead atoms. The second kappa shape index (κ2) is 6.35. The molecule has 0 spiro atoms. The van der Waals surface area contributed by atoms with Gasteiger partial charge in [-0.15, -0.1) is 0 Å². The highest BCUT2D eigenvalue weighted by Gasteiger charge is 2.38. The van der Waals surface area contributed by atoms with E-state index in [1.807, 2.05) is 13.8 Å². The molecular weight excluding hydrogens is 321 g/mol. The zero-order chi connectivity index (χ0) is 14.8. The molecular formula is C16H21BrFNO. The number of likely N-dealkylation sites (tertiary alicyclic amines) is 1. The summed E-state index contributed by atoms with van der Waals surface area (Å²) in [4.78, 5) is 14.9. The van der Waals surface area contributed by atoms with Crippen LogP contribution in [-0.2, 0) is 11.2 Å². The van der Waals surface area contributed by atoms with E-state index in [0.29, 0.717) is 5.56 Å². The third-order valence-corrected chi connectivity index (χ3v) is 4.95. The van der Waals surface area contributed by atoms with Gasteiger partial charge in [0.15, 0.2) is 5.78 Å². The maximum absolute atomic E-state index is 13.8. The Morgan fingerprint density at radius 1 is 1.40 bits per heavy atom. The van der Waals surface area contributed by atoms with Gasteiger partial charge in [0, 0.05) is 10.9 Å². The van der Waals surface area contributed by atoms with E-state index in [-0.39, 0.29) is 18.0 Å². The van der Waals surface area contributed by atoms with Gasteiger partial charge in [-0.1, -0.05) is 22.9 Å². The fraction of sp³-hybridized carbons (Fsp3) is 0.562. The molecule has 1 atom stereocenters. The molecule has 110 valence electrons. The van der Waals surface area contributed by atoms with E-state index in [1.54, 1.807) is 12.1 Å². The standard InChI is InChI=1S/C16H21BrFNO/c1-3-16(2,19-8-4-5-9-19)15(20)11-12-10-13(17)6-7-14(12)18/h6-7,10H,3-5,8-9,11H2,1-2H3. The Kier molecular flexibility index (Phi) is 4.97. The van der Waals surface area contributed by atoms with Crippen LogP contribution in [0.2, 0.25) is 0 Å². The van der Waals surface area contributed by atoms with Crippen LogP contribution in [0.3, 0.4) is 0 Å². The van der Waals surface area contributed by atoms with E-state index < -0.39 is 5.54 Å². The van der Waals surface area contributed by atoms with Gasteiger partial charge in [0.2, 0.25) is 0 Å². The Morgan fingerprint density at radius 2 is 2.05 bits per heavy atom. The van der Waals surface area contributed by atoms with Crippen LogP contribution in [0.25, 0.3) is 0 Å². The van der Waals surface area contributed by atoms with Gasteiger partial charge in [0.1, 0.15) is 5.82 Å². The van der Waals surface area contributed by atoms with E-state index in [1.165, 1.54) is 6.07 Å². The van der Waals surface area contributed by atoms with Crippen LogP contribution in [0.4, 0.5) is 4.39 Å². The van der Waals surface area contributed by atoms with E-state index in [9.17, 15) is 9.18 Å². The number of Topliss-reactive ketones (excluding diaryl/α,β-unsaturated/α-hetero) is 1. The third-order valence-electron chi connectivity index (χ3n) is 4.45. The summed E-state index contributed by atoms with van der Waals surface area (Å²) in [6.45, 7) is 5.97. The van der Waals surface area contributed by atoms with Gasteiger partial charge in [-0.25, -0.2) is 4.39 Å². The van der Waals surface area contributed by atoms with Crippen molar-refractivity contribution in [3.63, 3.8) is 0 Å². The van der Waals surface area contributed by atoms with Crippen molar-refractivity contribution in [2.75, 3.05) is 13.1 Å². The average molecular weight is 342 g/mol. The van der Waals surface area contributed by atoms with Crippen LogP contribution in [-0.4, -0.2) is 29.3 Å². The SMILES string of the molecule is CCC(C)(C(=O)Cc1cc(Br)ccc1F)N1CCCC1. The molecule has 20 heavy (non-hydrogen) atoms. The molecule has 0 N–H and O–H groups in total. The van der Waals surface area contributed by atoms with E-state index in [0.717, 1.165) is 36.8 Å². The topological polar surface area (TPSA) is 20.3 Å². The van der Waals surface area contributed by atoms with Crippen LogP contribution in [0.15, 0.2) is 22.7 Å². The Balaban J connectivity index is 2.18. The number of halogens is 2. The van der Waals surface area contributed by atoms with E-state index >= 15 is 0 Å². The van der Waals surface area contributed by atoms with Gasteiger partial charge in [-0.2, -0.15) is 0 Å². The number of carbonyl (C=O) groups excluding carboxylic acids is 1. The summed E-state index contributed by atoms with van der Waals surface area (Å²) in [5.41, 5.74) is 0.00822. The van der Waals surface area contributed by atoms with Crippen molar-refractivity contribution >= 4 is 21.7 Å². The van der Waals surface area contributed by atoms with Crippen molar-refractivity contribution in [3.8, 4) is 0 Å². The van der Waals surface area contributed by atoms with Gasteiger partial charge in [-0.3, -0.25) is 9.69 Å². The molecule has 0 aromatic heterocycles. The fourth-order valence-corrected chi connectivity index (χ4v) is 3.26. The van der Waals surface area contributed by atoms with Crippen molar-refractivity contribution in [1.82, 2.24) is 4.90 Å². The number of carbonyl (C=O) groups is 1. The number of nitrogens with zero attached hydrogens (tertiary/aromatic N) is 1. The van der Waals surface area contributed by atoms with Crippen molar-refractivity contribution in [2.45, 2.75) is 45.1 Å². The van der Waals surface area contributed by atoms with Crippen molar-refractivity contribution in [2.24, 2.45) is 0 Å². The van der Waals surface area contributed by atoms with Gasteiger partial charge in [0.25, 0.3) is 0 Å². The van der Waals surface area contributed by atoms with Crippen molar-refractivity contribution in [1.29, 1.82) is 0 Å². The number of benzene rings is 1. The van der Waals surface area contributed by atoms with Crippen LogP contribution < -0.4 is 0 Å². The second-order valence-corrected chi connectivity index (χ2v) is 6.57. The fourth-order valence-electron chi connectivity index (χ4n) is 2.85. The number of ketones is 1. The highest BCUT2D eigenvalue weighted by atomic mass is 79.9. The predicted molar refractivity (Wildman–Crippen MR) is 82.3 cm³/mol. The molecule has 1 heterocycles. The summed E-state index contributed by atoms with van der Waals surface area (Å²) in [6.07, 6.45) is 3.22. The number of hydrogen-bond donors (Lipinski definition) is 0. The lowest BCUT2D eigenvalue weighted by molar-refractivity contribution is -0.129. The van der Waals surface area contributed by atoms with Crippen LogP contribution in [0.1, 0.15) is 38.7 Å². The molecule has 1 unspecified atom stereocenters. The summed E-state index contributed by atoms with van der Waals surface area (Å²) in [5.74, 6) is -0.194. The molecule has 1 aliphatic heterocycles. The van der Waals surface area contributed by atoms with E-state index in [2.05, 4.69) is 20.8 Å². The zero-order valence-corrected chi connectivity index (χ0v) is 13.7. The first-order valence-corrected chi connectivity index (χ1v) is 7.99. The van der Waals surface area contributed by atoms with Crippen LogP contribution >= 0.6 is 15.9 Å². The van der Waals surface area contributed by atoms with Gasteiger partial charge in [-0.05, 0) is 63.0 Å². The second-order valence-electron chi connectivity index (χ2n) is 5.66. The minimum Gasteiger partial charge on any atom is -0.297 e. The first-order valence-electron chi connectivity index (χ1n) is 7.19. The molecule has 1 fully saturated rings. The predicted octanol–water partition coefficient (Wildman–Crippen LogP) is 3.96. The van der Waals surface area contributed by atoms with Gasteiger partial charge >= 0.3 is 0 Å². The lowest BCUT2D eigenvalue weighted by atomic mass is 9.87. The summed E-state index contributed by atoms with van der Waals surface area (Å²) in [6, 6.07) is 4.77. The smallest absolute Gasteiger partial charge is 0.157 e. The van der Waals surface area contributed by atoms with Gasteiger partial charge in [0.05, 0.1) is 5.54 Å². The zero-order valence-electron chi connectivity index (χ0n) is 12.1. The monoisotopic (exact) mass is 341 g/mol. The minimum absolute atomic E-state index is 0.110. The summed E-state index contributed by atoms with van der Waals surface area (Å²) >= 11 is 3.33. The maximum Gasteiger partial charge on any atom is 0.157 e. The van der Waals surface area contributed by atoms with Gasteiger partial charge < -0.3 is 0 Å². The Hall–Kier alpha value is -0.740. The summed E-state index contributed by atoms with van der Waals surface area (Å²) < 4.78 is 14.6. The summed E-state index contributed by atoms with van der Waals surface area (Å²) in [5, 5.41) is 0. The highest BCUT2D eigenvalue weighted by molar-refractivity contribution is 9.10. The molecule has 0 radical (unpaired) electrons. The maximum atomic E-state index is 13.8. The molecule has 1 saturated heterocycles. The molecule has 2 nitrogen and oxygen atoms in total. The van der Waals surface area contributed by atoms with Crippen LogP contribution in [0.5, 0.6) is 0 Å². The Bertz CT molecular complexity index is 499. The van der Waals surface area contributed by atoms with Crippen molar-refractivity contribution < 1.29 is 9.18 Å². The number of hydrogen-bond acceptors (Lipinski definition) is 2. The highest BCUT2D eigenvalue weighted by Crippen LogP contribution is 2.27. The Morgan fingerprint density at radius 3 is 2.65 bits per heavy atom. The lowest BCUT2D eigenvalue weighted by Crippen LogP contribution is -2.51. The quantitative estimate of drug-likeness (QED) is 0.807. The summed E-state index contributed by atoms with van der Waals surface area (Å²) in [7, 11) is 0. The Labute approximate surface area is 128 Å². The molecule has 2 rings (SSSR count). The van der Waals surface area contributed by atoms with E-state index in [4.69, 9.17) is 0 Å².